The summed E-state index contributed by atoms with van der Waals surface area (Å²) in [6, 6.07) is 10.6. The molecular weight excluding hydrogens is 312 g/mol. The first-order valence-corrected chi connectivity index (χ1v) is 8.05. The third-order valence-corrected chi connectivity index (χ3v) is 4.27. The van der Waals surface area contributed by atoms with Crippen LogP contribution in [0.25, 0.3) is 11.1 Å². The number of ether oxygens (including phenoxy) is 1. The highest BCUT2D eigenvalue weighted by Crippen LogP contribution is 2.22. The van der Waals surface area contributed by atoms with Crippen molar-refractivity contribution in [2.75, 3.05) is 19.8 Å². The van der Waals surface area contributed by atoms with Crippen molar-refractivity contribution in [1.82, 2.24) is 5.32 Å². The highest BCUT2D eigenvalue weighted by Gasteiger charge is 2.15. The Morgan fingerprint density at radius 1 is 1.04 bits per heavy atom. The highest BCUT2D eigenvalue weighted by atomic mass is 19.2. The fourth-order valence-electron chi connectivity index (χ4n) is 2.81. The SMILES string of the molecule is O=C(NCC1CCOCC1)c1cccc(-c2ccc(F)c(F)c2)c1. The van der Waals surface area contributed by atoms with Crippen LogP contribution in [-0.2, 0) is 4.74 Å². The number of benzene rings is 2. The minimum atomic E-state index is -0.901. The number of nitrogens with one attached hydrogen (secondary N) is 1. The first-order chi connectivity index (χ1) is 11.6. The van der Waals surface area contributed by atoms with Crippen molar-refractivity contribution in [3.63, 3.8) is 0 Å². The Morgan fingerprint density at radius 2 is 1.79 bits per heavy atom. The van der Waals surface area contributed by atoms with Crippen molar-refractivity contribution in [1.29, 1.82) is 0 Å². The standard InChI is InChI=1S/C19H19F2NO2/c20-17-5-4-15(11-18(17)21)14-2-1-3-16(10-14)19(23)22-12-13-6-8-24-9-7-13/h1-5,10-11,13H,6-9,12H2,(H,22,23). The molecule has 0 aliphatic carbocycles. The molecule has 1 amide bonds. The van der Waals surface area contributed by atoms with Crippen LogP contribution in [0, 0.1) is 17.6 Å². The zero-order valence-electron chi connectivity index (χ0n) is 13.2. The summed E-state index contributed by atoms with van der Waals surface area (Å²) < 4.78 is 31.7. The summed E-state index contributed by atoms with van der Waals surface area (Å²) in [5.74, 6) is -1.51. The van der Waals surface area contributed by atoms with Gasteiger partial charge in [0.2, 0.25) is 0 Å². The van der Waals surface area contributed by atoms with Gasteiger partial charge in [-0.25, -0.2) is 8.78 Å². The Labute approximate surface area is 139 Å². The van der Waals surface area contributed by atoms with Crippen molar-refractivity contribution in [3.8, 4) is 11.1 Å². The van der Waals surface area contributed by atoms with Gasteiger partial charge >= 0.3 is 0 Å². The smallest absolute Gasteiger partial charge is 0.251 e. The van der Waals surface area contributed by atoms with E-state index < -0.39 is 11.6 Å². The number of carbonyl (C=O) groups is 1. The average Bonchev–Trinajstić information content (AvgIpc) is 2.63. The van der Waals surface area contributed by atoms with Gasteiger partial charge in [0, 0.05) is 25.3 Å². The average molecular weight is 331 g/mol. The largest absolute Gasteiger partial charge is 0.381 e. The van der Waals surface area contributed by atoms with Crippen molar-refractivity contribution in [2.24, 2.45) is 5.92 Å². The van der Waals surface area contributed by atoms with Crippen LogP contribution in [-0.4, -0.2) is 25.7 Å². The number of hydrogen-bond donors (Lipinski definition) is 1. The Kier molecular flexibility index (Phi) is 5.20. The second-order valence-corrected chi connectivity index (χ2v) is 5.98. The van der Waals surface area contributed by atoms with Crippen LogP contribution in [0.3, 0.4) is 0 Å². The van der Waals surface area contributed by atoms with Gasteiger partial charge in [-0.3, -0.25) is 4.79 Å². The second-order valence-electron chi connectivity index (χ2n) is 5.98. The Hall–Kier alpha value is -2.27. The van der Waals surface area contributed by atoms with Gasteiger partial charge in [0.1, 0.15) is 0 Å². The van der Waals surface area contributed by atoms with Crippen molar-refractivity contribution < 1.29 is 18.3 Å². The number of carbonyl (C=O) groups excluding carboxylic acids is 1. The van der Waals surface area contributed by atoms with Gasteiger partial charge in [0.05, 0.1) is 0 Å². The van der Waals surface area contributed by atoms with Gasteiger partial charge in [-0.05, 0) is 54.2 Å². The zero-order valence-corrected chi connectivity index (χ0v) is 13.2. The maximum absolute atomic E-state index is 13.4. The highest BCUT2D eigenvalue weighted by molar-refractivity contribution is 5.95. The molecule has 0 atom stereocenters. The van der Waals surface area contributed by atoms with Gasteiger partial charge in [-0.15, -0.1) is 0 Å². The quantitative estimate of drug-likeness (QED) is 0.926. The van der Waals surface area contributed by atoms with E-state index in [2.05, 4.69) is 5.32 Å². The summed E-state index contributed by atoms with van der Waals surface area (Å²) in [4.78, 5) is 12.3. The van der Waals surface area contributed by atoms with Crippen LogP contribution < -0.4 is 5.32 Å². The minimum Gasteiger partial charge on any atom is -0.381 e. The molecule has 2 aromatic carbocycles. The fraction of sp³-hybridized carbons (Fsp3) is 0.316. The van der Waals surface area contributed by atoms with E-state index >= 15 is 0 Å². The van der Waals surface area contributed by atoms with Crippen LogP contribution in [0.15, 0.2) is 42.5 Å². The molecule has 1 N–H and O–H groups in total. The molecule has 1 aliphatic heterocycles. The topological polar surface area (TPSA) is 38.3 Å². The van der Waals surface area contributed by atoms with E-state index in [1.54, 1.807) is 24.3 Å². The van der Waals surface area contributed by atoms with E-state index in [4.69, 9.17) is 4.74 Å². The lowest BCUT2D eigenvalue weighted by Gasteiger charge is -2.22. The summed E-state index contributed by atoms with van der Waals surface area (Å²) in [7, 11) is 0. The van der Waals surface area contributed by atoms with E-state index in [1.165, 1.54) is 6.07 Å². The third-order valence-electron chi connectivity index (χ3n) is 4.27. The van der Waals surface area contributed by atoms with E-state index in [0.717, 1.165) is 38.2 Å². The maximum atomic E-state index is 13.4. The molecule has 5 heteroatoms. The summed E-state index contributed by atoms with van der Waals surface area (Å²) >= 11 is 0. The van der Waals surface area contributed by atoms with Crippen LogP contribution in [0.5, 0.6) is 0 Å². The van der Waals surface area contributed by atoms with E-state index in [0.29, 0.717) is 29.2 Å². The number of halogens is 2. The molecule has 0 saturated carbocycles. The van der Waals surface area contributed by atoms with Gasteiger partial charge in [-0.2, -0.15) is 0 Å². The van der Waals surface area contributed by atoms with Crippen molar-refractivity contribution in [2.45, 2.75) is 12.8 Å². The molecular formula is C19H19F2NO2. The van der Waals surface area contributed by atoms with Gasteiger partial charge in [0.15, 0.2) is 11.6 Å². The number of rotatable bonds is 4. The molecule has 3 nitrogen and oxygen atoms in total. The Morgan fingerprint density at radius 3 is 2.54 bits per heavy atom. The molecule has 24 heavy (non-hydrogen) atoms. The predicted octanol–water partition coefficient (Wildman–Crippen LogP) is 3.79. The van der Waals surface area contributed by atoms with Crippen LogP contribution in [0.2, 0.25) is 0 Å². The molecule has 2 aromatic rings. The molecule has 126 valence electrons. The summed E-state index contributed by atoms with van der Waals surface area (Å²) in [6.07, 6.45) is 1.91. The molecule has 0 spiro atoms. The van der Waals surface area contributed by atoms with E-state index in [-0.39, 0.29) is 5.91 Å². The molecule has 1 fully saturated rings. The molecule has 0 aromatic heterocycles. The second kappa shape index (κ2) is 7.53. The molecule has 0 bridgehead atoms. The molecule has 3 rings (SSSR count). The lowest BCUT2D eigenvalue weighted by Crippen LogP contribution is -2.32. The van der Waals surface area contributed by atoms with Gasteiger partial charge < -0.3 is 10.1 Å². The van der Waals surface area contributed by atoms with Crippen molar-refractivity contribution in [3.05, 3.63) is 59.7 Å². The normalized spacial score (nSPS) is 15.2. The van der Waals surface area contributed by atoms with Crippen LogP contribution in [0.1, 0.15) is 23.2 Å². The monoisotopic (exact) mass is 331 g/mol. The molecule has 1 heterocycles. The summed E-state index contributed by atoms with van der Waals surface area (Å²) in [5.41, 5.74) is 1.71. The Balaban J connectivity index is 1.69. The predicted molar refractivity (Wildman–Crippen MR) is 87.7 cm³/mol. The lowest BCUT2D eigenvalue weighted by atomic mass is 10.00. The zero-order chi connectivity index (χ0) is 16.9. The maximum Gasteiger partial charge on any atom is 0.251 e. The summed E-state index contributed by atoms with van der Waals surface area (Å²) in [6.45, 7) is 2.11. The third kappa shape index (κ3) is 3.97. The van der Waals surface area contributed by atoms with E-state index in [9.17, 15) is 13.6 Å². The molecule has 0 radical (unpaired) electrons. The number of amides is 1. The minimum absolute atomic E-state index is 0.161. The molecule has 1 aliphatic rings. The van der Waals surface area contributed by atoms with E-state index in [1.807, 2.05) is 0 Å². The number of hydrogen-bond acceptors (Lipinski definition) is 2. The first kappa shape index (κ1) is 16.6. The Bertz CT molecular complexity index is 727. The fourth-order valence-corrected chi connectivity index (χ4v) is 2.81. The first-order valence-electron chi connectivity index (χ1n) is 8.05. The van der Waals surface area contributed by atoms with Crippen LogP contribution >= 0.6 is 0 Å². The van der Waals surface area contributed by atoms with Crippen molar-refractivity contribution >= 4 is 5.91 Å². The lowest BCUT2D eigenvalue weighted by molar-refractivity contribution is 0.0642. The van der Waals surface area contributed by atoms with Gasteiger partial charge in [0.25, 0.3) is 5.91 Å². The van der Waals surface area contributed by atoms with Gasteiger partial charge in [-0.1, -0.05) is 18.2 Å². The molecule has 0 unspecified atom stereocenters. The molecule has 1 saturated heterocycles. The summed E-state index contributed by atoms with van der Waals surface area (Å²) in [5, 5.41) is 2.94. The van der Waals surface area contributed by atoms with Crippen LogP contribution in [0.4, 0.5) is 8.78 Å².